The maximum absolute atomic E-state index is 6.23. The molecule has 0 aliphatic rings. The summed E-state index contributed by atoms with van der Waals surface area (Å²) in [6, 6.07) is 19.5. The molecule has 4 rings (SSSR count). The molecule has 0 atom stereocenters. The van der Waals surface area contributed by atoms with E-state index in [9.17, 15) is 0 Å². The molecule has 3 aromatic carbocycles. The van der Waals surface area contributed by atoms with Crippen molar-refractivity contribution in [3.05, 3.63) is 77.6 Å². The maximum atomic E-state index is 6.23. The predicted molar refractivity (Wildman–Crippen MR) is 110 cm³/mol. The molecule has 0 amide bonds. The maximum Gasteiger partial charge on any atom is 0.248 e. The van der Waals surface area contributed by atoms with E-state index >= 15 is 0 Å². The van der Waals surface area contributed by atoms with Gasteiger partial charge in [0.25, 0.3) is 0 Å². The molecular weight excluding hydrogens is 360 g/mol. The molecule has 5 nitrogen and oxygen atoms in total. The van der Waals surface area contributed by atoms with Gasteiger partial charge in [0.2, 0.25) is 5.88 Å². The average molecular weight is 377 g/mol. The van der Waals surface area contributed by atoms with Crippen LogP contribution in [0.1, 0.15) is 5.56 Å². The molecule has 6 heteroatoms. The smallest absolute Gasteiger partial charge is 0.248 e. The largest absolute Gasteiger partial charge is 0.437 e. The zero-order chi connectivity index (χ0) is 18.8. The van der Waals surface area contributed by atoms with Crippen LogP contribution < -0.4 is 15.8 Å². The number of aromatic nitrogens is 2. The van der Waals surface area contributed by atoms with Crippen molar-refractivity contribution in [3.8, 4) is 11.6 Å². The number of nitrogens with zero attached hydrogens (tertiary/aromatic N) is 2. The second-order valence-electron chi connectivity index (χ2n) is 6.09. The third kappa shape index (κ3) is 3.50. The molecule has 0 saturated heterocycles. The zero-order valence-electron chi connectivity index (χ0n) is 14.6. The van der Waals surface area contributed by atoms with Crippen LogP contribution in [0.4, 0.5) is 17.2 Å². The Labute approximate surface area is 161 Å². The summed E-state index contributed by atoms with van der Waals surface area (Å²) in [6.07, 6.45) is 1.41. The summed E-state index contributed by atoms with van der Waals surface area (Å²) in [5.74, 6) is 1.41. The number of halogens is 1. The van der Waals surface area contributed by atoms with Crippen molar-refractivity contribution in [2.75, 3.05) is 11.1 Å². The molecule has 0 spiro atoms. The van der Waals surface area contributed by atoms with Crippen molar-refractivity contribution in [1.82, 2.24) is 9.97 Å². The van der Waals surface area contributed by atoms with Gasteiger partial charge in [0.1, 0.15) is 17.8 Å². The highest BCUT2D eigenvalue weighted by atomic mass is 35.5. The van der Waals surface area contributed by atoms with E-state index in [1.165, 1.54) is 6.33 Å². The van der Waals surface area contributed by atoms with Gasteiger partial charge in [-0.3, -0.25) is 0 Å². The van der Waals surface area contributed by atoms with Gasteiger partial charge in [-0.2, -0.15) is 4.98 Å². The lowest BCUT2D eigenvalue weighted by molar-refractivity contribution is 0.465. The number of nitrogen functional groups attached to an aromatic ring is 1. The lowest BCUT2D eigenvalue weighted by Gasteiger charge is -2.14. The van der Waals surface area contributed by atoms with Crippen LogP contribution in [0.5, 0.6) is 11.6 Å². The molecular formula is C21H17ClN4O. The second kappa shape index (κ2) is 7.13. The standard InChI is InChI=1S/C21H17ClN4O/c1-13-17(22)7-4-8-18(13)26-20-19(23)21(25-12-24-20)27-16-10-9-14-5-2-3-6-15(14)11-16/h2-12H,23H2,1H3,(H,24,25,26). The predicted octanol–water partition coefficient (Wildman–Crippen LogP) is 5.71. The van der Waals surface area contributed by atoms with Gasteiger partial charge in [0, 0.05) is 10.7 Å². The van der Waals surface area contributed by atoms with Crippen LogP contribution in [0, 0.1) is 6.92 Å². The molecule has 4 aromatic rings. The number of anilines is 3. The molecule has 0 unspecified atom stereocenters. The normalized spacial score (nSPS) is 10.7. The number of hydrogen-bond donors (Lipinski definition) is 2. The molecule has 0 radical (unpaired) electrons. The van der Waals surface area contributed by atoms with Crippen LogP contribution >= 0.6 is 11.6 Å². The molecule has 0 fully saturated rings. The minimum absolute atomic E-state index is 0.294. The van der Waals surface area contributed by atoms with Gasteiger partial charge in [0.05, 0.1) is 0 Å². The lowest BCUT2D eigenvalue weighted by atomic mass is 10.1. The third-order valence-corrected chi connectivity index (χ3v) is 4.71. The highest BCUT2D eigenvalue weighted by Gasteiger charge is 2.12. The fraction of sp³-hybridized carbons (Fsp3) is 0.0476. The number of ether oxygens (including phenoxy) is 1. The Kier molecular flexibility index (Phi) is 4.52. The minimum atomic E-state index is 0.294. The van der Waals surface area contributed by atoms with E-state index in [0.717, 1.165) is 22.0 Å². The Bertz CT molecular complexity index is 1130. The monoisotopic (exact) mass is 376 g/mol. The first-order valence-corrected chi connectivity index (χ1v) is 8.79. The Morgan fingerprint density at radius 2 is 1.78 bits per heavy atom. The quantitative estimate of drug-likeness (QED) is 0.477. The molecule has 3 N–H and O–H groups in total. The van der Waals surface area contributed by atoms with Gasteiger partial charge in [-0.05, 0) is 47.5 Å². The summed E-state index contributed by atoms with van der Waals surface area (Å²) in [6.45, 7) is 1.93. The first kappa shape index (κ1) is 17.1. The van der Waals surface area contributed by atoms with Crippen molar-refractivity contribution < 1.29 is 4.74 Å². The molecule has 0 bridgehead atoms. The SMILES string of the molecule is Cc1c(Cl)cccc1Nc1ncnc(Oc2ccc3ccccc3c2)c1N. The van der Waals surface area contributed by atoms with Crippen LogP contribution in [0.3, 0.4) is 0 Å². The molecule has 27 heavy (non-hydrogen) atoms. The summed E-state index contributed by atoms with van der Waals surface area (Å²) in [4.78, 5) is 8.40. The zero-order valence-corrected chi connectivity index (χ0v) is 15.4. The molecule has 1 aromatic heterocycles. The third-order valence-electron chi connectivity index (χ3n) is 4.30. The number of benzene rings is 3. The Morgan fingerprint density at radius 1 is 0.963 bits per heavy atom. The van der Waals surface area contributed by atoms with E-state index in [0.29, 0.717) is 28.2 Å². The van der Waals surface area contributed by atoms with Gasteiger partial charge in [0.15, 0.2) is 5.82 Å². The van der Waals surface area contributed by atoms with Gasteiger partial charge >= 0.3 is 0 Å². The summed E-state index contributed by atoms with van der Waals surface area (Å²) in [5, 5.41) is 6.08. The fourth-order valence-corrected chi connectivity index (χ4v) is 2.95. The number of nitrogens with one attached hydrogen (secondary N) is 1. The first-order chi connectivity index (χ1) is 13.1. The summed E-state index contributed by atoms with van der Waals surface area (Å²) in [5.41, 5.74) is 8.29. The highest BCUT2D eigenvalue weighted by molar-refractivity contribution is 6.31. The summed E-state index contributed by atoms with van der Waals surface area (Å²) in [7, 11) is 0. The Hall–Kier alpha value is -3.31. The van der Waals surface area contributed by atoms with Crippen LogP contribution in [0.15, 0.2) is 67.0 Å². The van der Waals surface area contributed by atoms with Crippen LogP contribution in [0.25, 0.3) is 10.8 Å². The van der Waals surface area contributed by atoms with E-state index in [1.54, 1.807) is 0 Å². The Balaban J connectivity index is 1.64. The van der Waals surface area contributed by atoms with Crippen LogP contribution in [-0.2, 0) is 0 Å². The van der Waals surface area contributed by atoms with E-state index in [4.69, 9.17) is 22.1 Å². The molecule has 0 aliphatic heterocycles. The highest BCUT2D eigenvalue weighted by Crippen LogP contribution is 2.33. The number of rotatable bonds is 4. The van der Waals surface area contributed by atoms with Gasteiger partial charge < -0.3 is 15.8 Å². The van der Waals surface area contributed by atoms with Crippen LogP contribution in [-0.4, -0.2) is 9.97 Å². The van der Waals surface area contributed by atoms with E-state index in [1.807, 2.05) is 67.6 Å². The number of hydrogen-bond acceptors (Lipinski definition) is 5. The molecule has 0 saturated carbocycles. The molecule has 0 aliphatic carbocycles. The lowest BCUT2D eigenvalue weighted by Crippen LogP contribution is -2.04. The minimum Gasteiger partial charge on any atom is -0.437 e. The van der Waals surface area contributed by atoms with E-state index in [-0.39, 0.29) is 0 Å². The average Bonchev–Trinajstić information content (AvgIpc) is 2.68. The summed E-state index contributed by atoms with van der Waals surface area (Å²) >= 11 is 6.18. The van der Waals surface area contributed by atoms with Crippen molar-refractivity contribution in [3.63, 3.8) is 0 Å². The summed E-state index contributed by atoms with van der Waals surface area (Å²) < 4.78 is 5.91. The first-order valence-electron chi connectivity index (χ1n) is 8.41. The van der Waals surface area contributed by atoms with Gasteiger partial charge in [-0.15, -0.1) is 0 Å². The molecule has 1 heterocycles. The van der Waals surface area contributed by atoms with Crippen molar-refractivity contribution in [2.24, 2.45) is 0 Å². The van der Waals surface area contributed by atoms with Crippen molar-refractivity contribution >= 4 is 39.6 Å². The molecule has 134 valence electrons. The number of fused-ring (bicyclic) bond motifs is 1. The van der Waals surface area contributed by atoms with Gasteiger partial charge in [-0.1, -0.05) is 48.0 Å². The van der Waals surface area contributed by atoms with E-state index < -0.39 is 0 Å². The van der Waals surface area contributed by atoms with Crippen molar-refractivity contribution in [2.45, 2.75) is 6.92 Å². The van der Waals surface area contributed by atoms with Gasteiger partial charge in [-0.25, -0.2) is 4.98 Å². The van der Waals surface area contributed by atoms with E-state index in [2.05, 4.69) is 15.3 Å². The second-order valence-corrected chi connectivity index (χ2v) is 6.50. The van der Waals surface area contributed by atoms with Crippen molar-refractivity contribution in [1.29, 1.82) is 0 Å². The van der Waals surface area contributed by atoms with Crippen LogP contribution in [0.2, 0.25) is 5.02 Å². The fourth-order valence-electron chi connectivity index (χ4n) is 2.77. The Morgan fingerprint density at radius 3 is 2.63 bits per heavy atom. The topological polar surface area (TPSA) is 73.1 Å². The number of nitrogens with two attached hydrogens (primary N) is 1.